The molecular formula is C50H61BrCl2N4O7SSi2. The Morgan fingerprint density at radius 1 is 0.866 bits per heavy atom. The molecule has 0 amide bonds. The number of halogens is 3. The monoisotopic (exact) mass is 1070 g/mol. The molecule has 358 valence electrons. The highest BCUT2D eigenvalue weighted by atomic mass is 79.9. The van der Waals surface area contributed by atoms with E-state index in [0.717, 1.165) is 26.0 Å². The molecule has 6 rings (SSSR count). The van der Waals surface area contributed by atoms with Crippen LogP contribution in [-0.4, -0.2) is 60.9 Å². The normalized spacial score (nSPS) is 12.8. The highest BCUT2D eigenvalue weighted by Crippen LogP contribution is 2.54. The van der Waals surface area contributed by atoms with E-state index in [-0.39, 0.29) is 23.9 Å². The fourth-order valence-electron chi connectivity index (χ4n) is 8.59. The Labute approximate surface area is 419 Å². The summed E-state index contributed by atoms with van der Waals surface area (Å²) >= 11 is 19.8. The van der Waals surface area contributed by atoms with Crippen LogP contribution in [0.4, 0.5) is 0 Å². The molecule has 0 unspecified atom stereocenters. The van der Waals surface area contributed by atoms with E-state index >= 15 is 0 Å². The summed E-state index contributed by atoms with van der Waals surface area (Å²) < 4.78 is 33.1. The van der Waals surface area contributed by atoms with Gasteiger partial charge in [-0.05, 0) is 118 Å². The quantitative estimate of drug-likeness (QED) is 0.0824. The Morgan fingerprint density at radius 2 is 1.51 bits per heavy atom. The van der Waals surface area contributed by atoms with E-state index < -0.39 is 28.7 Å². The molecule has 1 atom stereocenters. The molecule has 3 heterocycles. The van der Waals surface area contributed by atoms with Gasteiger partial charge in [0, 0.05) is 23.7 Å². The smallest absolute Gasteiger partial charge is 0.345 e. The summed E-state index contributed by atoms with van der Waals surface area (Å²) in [7, 11) is -3.15. The minimum atomic E-state index is -2.45. The molecule has 0 spiro atoms. The molecule has 1 N–H and O–H groups in total. The number of fused-ring (bicyclic) bond motifs is 1. The number of para-hydroxylation sites is 1. The van der Waals surface area contributed by atoms with Crippen molar-refractivity contribution in [3.63, 3.8) is 0 Å². The van der Waals surface area contributed by atoms with Gasteiger partial charge < -0.3 is 28.2 Å². The van der Waals surface area contributed by atoms with E-state index in [9.17, 15) is 9.90 Å². The van der Waals surface area contributed by atoms with Crippen LogP contribution < -0.4 is 23.1 Å². The van der Waals surface area contributed by atoms with E-state index in [4.69, 9.17) is 51.2 Å². The largest absolute Gasteiger partial charge is 0.543 e. The summed E-state index contributed by atoms with van der Waals surface area (Å²) in [6.07, 6.45) is 1.52. The number of rotatable bonds is 18. The predicted molar refractivity (Wildman–Crippen MR) is 280 cm³/mol. The third-order valence-corrected chi connectivity index (χ3v) is 26.0. The lowest BCUT2D eigenvalue weighted by molar-refractivity contribution is -0.145. The van der Waals surface area contributed by atoms with Crippen molar-refractivity contribution >= 4 is 83.3 Å². The number of carboxylic acid groups (broad SMARTS) is 1. The van der Waals surface area contributed by atoms with E-state index in [2.05, 4.69) is 106 Å². The van der Waals surface area contributed by atoms with Crippen molar-refractivity contribution in [2.24, 2.45) is 0 Å². The molecule has 17 heteroatoms. The van der Waals surface area contributed by atoms with Crippen molar-refractivity contribution in [3.05, 3.63) is 97.3 Å². The Bertz CT molecular complexity index is 2730. The molecule has 0 aliphatic heterocycles. The van der Waals surface area contributed by atoms with Crippen LogP contribution in [0.15, 0.2) is 64.8 Å². The summed E-state index contributed by atoms with van der Waals surface area (Å²) in [6, 6.07) is 14.8. The maximum Gasteiger partial charge on any atom is 0.345 e. The molecule has 0 aliphatic rings. The summed E-state index contributed by atoms with van der Waals surface area (Å²) in [4.78, 5) is 32.3. The zero-order valence-corrected chi connectivity index (χ0v) is 46.6. The number of aliphatic carboxylic acids is 1. The van der Waals surface area contributed by atoms with Crippen LogP contribution in [0.25, 0.3) is 32.7 Å². The number of ether oxygens (including phenoxy) is 3. The van der Waals surface area contributed by atoms with Crippen molar-refractivity contribution in [1.29, 1.82) is 0 Å². The second-order valence-electron chi connectivity index (χ2n) is 19.3. The lowest BCUT2D eigenvalue weighted by Gasteiger charge is -2.43. The SMILES string of the molecule is COc1ccccc1-c1nccc(COc2ccc(O[Si](C)(C)C(C)(C)C)cc2C[C@@H](Oc2ncnc3sc(Br)c(-c4c(C)c(Cl)c(O[Si](C(C)C)(C(C)C)C(C)C)c(Cl)c4C)c23)C(=O)O)n1. The fourth-order valence-corrected chi connectivity index (χ4v) is 17.2. The number of thiophene rings is 1. The van der Waals surface area contributed by atoms with Gasteiger partial charge >= 0.3 is 5.97 Å². The maximum absolute atomic E-state index is 13.3. The molecule has 0 saturated heterocycles. The average molecular weight is 1070 g/mol. The minimum Gasteiger partial charge on any atom is -0.543 e. The van der Waals surface area contributed by atoms with Crippen LogP contribution in [0, 0.1) is 13.8 Å². The molecule has 3 aromatic heterocycles. The van der Waals surface area contributed by atoms with Gasteiger partial charge in [-0.15, -0.1) is 11.3 Å². The first-order valence-electron chi connectivity index (χ1n) is 22.3. The van der Waals surface area contributed by atoms with E-state index in [1.54, 1.807) is 25.4 Å². The van der Waals surface area contributed by atoms with Gasteiger partial charge in [0.1, 0.15) is 40.8 Å². The third-order valence-electron chi connectivity index (χ3n) is 13.0. The third kappa shape index (κ3) is 10.7. The van der Waals surface area contributed by atoms with Crippen LogP contribution in [-0.2, 0) is 17.8 Å². The number of benzene rings is 3. The predicted octanol–water partition coefficient (Wildman–Crippen LogP) is 15.1. The maximum atomic E-state index is 13.3. The molecule has 67 heavy (non-hydrogen) atoms. The standard InChI is InChI=1S/C50H61BrCl2N4O7SSi2/c1-27(2)67(28(3)4,29(5)6)64-44-42(52)30(7)39(31(8)43(44)53)40-41-47(55-26-56-48(41)65-45(40)51)62-38(49(58)59)24-32-23-34(63-66(13,14)50(9,10)11)19-20-36(32)61-25-33-21-22-54-46(57-33)35-17-15-16-18-37(35)60-12/h15-23,26-29,38H,24-25H2,1-14H3,(H,58,59)/t38-/m1/s1. The highest BCUT2D eigenvalue weighted by molar-refractivity contribution is 9.11. The fraction of sp³-hybridized carbons (Fsp3) is 0.420. The van der Waals surface area contributed by atoms with E-state index in [0.29, 0.717) is 82.5 Å². The van der Waals surface area contributed by atoms with Gasteiger partial charge in [-0.3, -0.25) is 0 Å². The Hall–Kier alpha value is -4.26. The van der Waals surface area contributed by atoms with Crippen LogP contribution >= 0.6 is 50.5 Å². The molecule has 0 aliphatic carbocycles. The molecule has 6 aromatic rings. The lowest BCUT2D eigenvalue weighted by Crippen LogP contribution is -2.50. The van der Waals surface area contributed by atoms with Crippen molar-refractivity contribution in [3.8, 4) is 51.4 Å². The van der Waals surface area contributed by atoms with Gasteiger partial charge in [0.2, 0.25) is 20.3 Å². The van der Waals surface area contributed by atoms with Crippen LogP contribution in [0.5, 0.6) is 28.9 Å². The zero-order chi connectivity index (χ0) is 49.3. The van der Waals surface area contributed by atoms with E-state index in [1.165, 1.54) is 17.7 Å². The minimum absolute atomic E-state index is 0.0702. The van der Waals surface area contributed by atoms with Crippen molar-refractivity contribution in [2.45, 2.75) is 130 Å². The summed E-state index contributed by atoms with van der Waals surface area (Å²) in [6.45, 7) is 28.1. The van der Waals surface area contributed by atoms with Crippen molar-refractivity contribution in [2.75, 3.05) is 7.11 Å². The molecule has 0 fully saturated rings. The Kier molecular flexibility index (Phi) is 16.2. The van der Waals surface area contributed by atoms with Crippen molar-refractivity contribution in [1.82, 2.24) is 19.9 Å². The molecular weight excluding hydrogens is 1010 g/mol. The second kappa shape index (κ2) is 20.8. The average Bonchev–Trinajstić information content (AvgIpc) is 3.60. The molecule has 3 aromatic carbocycles. The first kappa shape index (κ1) is 52.1. The van der Waals surface area contributed by atoms with Gasteiger partial charge in [-0.1, -0.05) is 97.6 Å². The number of carboxylic acids is 1. The Balaban J connectivity index is 1.40. The number of hydrogen-bond donors (Lipinski definition) is 1. The van der Waals surface area contributed by atoms with Gasteiger partial charge in [-0.2, -0.15) is 0 Å². The summed E-state index contributed by atoms with van der Waals surface area (Å²) in [5, 5.41) is 12.2. The van der Waals surface area contributed by atoms with Gasteiger partial charge in [-0.25, -0.2) is 24.7 Å². The number of nitrogens with zero attached hydrogens (tertiary/aromatic N) is 4. The topological polar surface area (TPSA) is 135 Å². The Morgan fingerprint density at radius 3 is 2.10 bits per heavy atom. The van der Waals surface area contributed by atoms with Gasteiger partial charge in [0.05, 0.1) is 37.6 Å². The second-order valence-corrected chi connectivity index (χ2v) is 32.4. The lowest BCUT2D eigenvalue weighted by atomic mass is 9.95. The number of carbonyl (C=O) groups is 1. The van der Waals surface area contributed by atoms with Crippen LogP contribution in [0.3, 0.4) is 0 Å². The number of methoxy groups -OCH3 is 1. The molecule has 11 nitrogen and oxygen atoms in total. The summed E-state index contributed by atoms with van der Waals surface area (Å²) in [5.74, 6) is 1.56. The van der Waals surface area contributed by atoms with E-state index in [1.807, 2.05) is 50.2 Å². The molecule has 0 bridgehead atoms. The number of aromatic nitrogens is 4. The van der Waals surface area contributed by atoms with Gasteiger partial charge in [0.25, 0.3) is 8.32 Å². The van der Waals surface area contributed by atoms with Crippen LogP contribution in [0.2, 0.25) is 44.8 Å². The zero-order valence-electron chi connectivity index (χ0n) is 40.7. The van der Waals surface area contributed by atoms with Crippen LogP contribution in [0.1, 0.15) is 84.7 Å². The van der Waals surface area contributed by atoms with Gasteiger partial charge in [0.15, 0.2) is 5.82 Å². The first-order chi connectivity index (χ1) is 31.4. The highest BCUT2D eigenvalue weighted by Gasteiger charge is 2.48. The molecule has 0 saturated carbocycles. The summed E-state index contributed by atoms with van der Waals surface area (Å²) in [5.41, 5.74) is 5.73. The molecule has 0 radical (unpaired) electrons. The first-order valence-corrected chi connectivity index (χ1v) is 29.7. The van der Waals surface area contributed by atoms with Crippen molar-refractivity contribution < 1.29 is 33.0 Å². The number of hydrogen-bond acceptors (Lipinski definition) is 11.